The van der Waals surface area contributed by atoms with Crippen molar-refractivity contribution in [3.63, 3.8) is 0 Å². The molecule has 0 aliphatic carbocycles. The highest BCUT2D eigenvalue weighted by molar-refractivity contribution is 5.66. The highest BCUT2D eigenvalue weighted by atomic mass is 15.2. The molecule has 1 aromatic heterocycles. The van der Waals surface area contributed by atoms with Crippen molar-refractivity contribution in [1.29, 1.82) is 0 Å². The Kier molecular flexibility index (Phi) is 3.73. The van der Waals surface area contributed by atoms with Gasteiger partial charge in [0.1, 0.15) is 0 Å². The maximum Gasteiger partial charge on any atom is 0.0542 e. The number of nitrogens with one attached hydrogen (secondary N) is 1. The smallest absolute Gasteiger partial charge is 0.0542 e. The number of rotatable bonds is 4. The van der Waals surface area contributed by atoms with Crippen LogP contribution in [0.25, 0.3) is 11.1 Å². The molecule has 1 atom stereocenters. The highest BCUT2D eigenvalue weighted by Gasteiger charge is 2.07. The lowest BCUT2D eigenvalue weighted by molar-refractivity contribution is 0.765. The van der Waals surface area contributed by atoms with Gasteiger partial charge >= 0.3 is 0 Å². The second-order valence-corrected chi connectivity index (χ2v) is 5.26. The quantitative estimate of drug-likeness (QED) is 0.772. The summed E-state index contributed by atoms with van der Waals surface area (Å²) in [6.45, 7) is 2.14. The van der Waals surface area contributed by atoms with Crippen LogP contribution >= 0.6 is 0 Å². The maximum absolute atomic E-state index is 4.21. The first-order chi connectivity index (χ1) is 10.2. The molecule has 3 rings (SSSR count). The molecule has 3 nitrogen and oxygen atoms in total. The number of aromatic nitrogens is 2. The third-order valence-corrected chi connectivity index (χ3v) is 3.60. The summed E-state index contributed by atoms with van der Waals surface area (Å²) in [5.74, 6) is 0. The molecule has 0 fully saturated rings. The molecule has 0 aliphatic heterocycles. The van der Waals surface area contributed by atoms with Gasteiger partial charge in [0, 0.05) is 24.5 Å². The lowest BCUT2D eigenvalue weighted by Crippen LogP contribution is -2.05. The van der Waals surface area contributed by atoms with Gasteiger partial charge in [-0.1, -0.05) is 42.5 Å². The minimum Gasteiger partial charge on any atom is -0.378 e. The van der Waals surface area contributed by atoms with Crippen molar-refractivity contribution in [1.82, 2.24) is 9.78 Å². The van der Waals surface area contributed by atoms with Crippen LogP contribution in [0.1, 0.15) is 18.5 Å². The maximum atomic E-state index is 4.21. The van der Waals surface area contributed by atoms with Crippen LogP contribution < -0.4 is 5.32 Å². The van der Waals surface area contributed by atoms with Gasteiger partial charge in [-0.2, -0.15) is 5.10 Å². The van der Waals surface area contributed by atoms with Crippen LogP contribution in [0.15, 0.2) is 67.0 Å². The van der Waals surface area contributed by atoms with Gasteiger partial charge in [0.2, 0.25) is 0 Å². The van der Waals surface area contributed by atoms with E-state index in [1.165, 1.54) is 16.7 Å². The Balaban J connectivity index is 1.73. The highest BCUT2D eigenvalue weighted by Crippen LogP contribution is 2.23. The van der Waals surface area contributed by atoms with Crippen LogP contribution in [-0.4, -0.2) is 9.78 Å². The summed E-state index contributed by atoms with van der Waals surface area (Å²) in [7, 11) is 1.94. The molecule has 1 unspecified atom stereocenters. The first kappa shape index (κ1) is 13.4. The number of hydrogen-bond donors (Lipinski definition) is 1. The van der Waals surface area contributed by atoms with Gasteiger partial charge in [-0.15, -0.1) is 0 Å². The van der Waals surface area contributed by atoms with E-state index in [9.17, 15) is 0 Å². The first-order valence-electron chi connectivity index (χ1n) is 7.13. The van der Waals surface area contributed by atoms with Crippen LogP contribution in [0.4, 0.5) is 5.69 Å². The zero-order chi connectivity index (χ0) is 14.7. The van der Waals surface area contributed by atoms with Crippen LogP contribution in [0, 0.1) is 0 Å². The Labute approximate surface area is 125 Å². The van der Waals surface area contributed by atoms with Crippen molar-refractivity contribution >= 4 is 5.69 Å². The Bertz CT molecular complexity index is 699. The minimum absolute atomic E-state index is 0.237. The number of aryl methyl sites for hydroxylation is 1. The van der Waals surface area contributed by atoms with Crippen molar-refractivity contribution < 1.29 is 0 Å². The number of anilines is 1. The monoisotopic (exact) mass is 277 g/mol. The van der Waals surface area contributed by atoms with E-state index in [0.29, 0.717) is 0 Å². The number of hydrogen-bond acceptors (Lipinski definition) is 2. The Hall–Kier alpha value is -2.55. The molecule has 106 valence electrons. The van der Waals surface area contributed by atoms with Gasteiger partial charge in [0.05, 0.1) is 12.2 Å². The zero-order valence-electron chi connectivity index (χ0n) is 12.3. The largest absolute Gasteiger partial charge is 0.378 e. The molecule has 2 aromatic carbocycles. The van der Waals surface area contributed by atoms with E-state index in [2.05, 4.69) is 65.9 Å². The van der Waals surface area contributed by atoms with E-state index in [-0.39, 0.29) is 6.04 Å². The normalized spacial score (nSPS) is 12.1. The second-order valence-electron chi connectivity index (χ2n) is 5.26. The zero-order valence-corrected chi connectivity index (χ0v) is 12.3. The third kappa shape index (κ3) is 3.14. The molecule has 0 amide bonds. The summed E-state index contributed by atoms with van der Waals surface area (Å²) < 4.78 is 1.83. The summed E-state index contributed by atoms with van der Waals surface area (Å²) in [5, 5.41) is 7.71. The van der Waals surface area contributed by atoms with Gasteiger partial charge in [0.15, 0.2) is 0 Å². The van der Waals surface area contributed by atoms with Gasteiger partial charge in [-0.05, 0) is 30.2 Å². The summed E-state index contributed by atoms with van der Waals surface area (Å²) in [4.78, 5) is 0. The van der Waals surface area contributed by atoms with Crippen molar-refractivity contribution in [2.45, 2.75) is 13.0 Å². The van der Waals surface area contributed by atoms with E-state index in [0.717, 1.165) is 5.69 Å². The van der Waals surface area contributed by atoms with Crippen LogP contribution in [0.3, 0.4) is 0 Å². The molecule has 0 saturated carbocycles. The minimum atomic E-state index is 0.237. The SMILES string of the molecule is CC(Nc1ccc(-c2ccccc2)cc1)c1cnn(C)c1. The molecule has 3 heteroatoms. The molecule has 3 aromatic rings. The molecule has 0 aliphatic rings. The predicted octanol–water partition coefficient (Wildman–Crippen LogP) is 4.26. The van der Waals surface area contributed by atoms with E-state index in [1.807, 2.05) is 30.2 Å². The summed E-state index contributed by atoms with van der Waals surface area (Å²) >= 11 is 0. The van der Waals surface area contributed by atoms with Crippen LogP contribution in [0.2, 0.25) is 0 Å². The van der Waals surface area contributed by atoms with E-state index >= 15 is 0 Å². The van der Waals surface area contributed by atoms with Crippen molar-refractivity contribution in [3.8, 4) is 11.1 Å². The Morgan fingerprint density at radius 3 is 2.24 bits per heavy atom. The fraction of sp³-hybridized carbons (Fsp3) is 0.167. The van der Waals surface area contributed by atoms with Crippen molar-refractivity contribution in [3.05, 3.63) is 72.6 Å². The average molecular weight is 277 g/mol. The summed E-state index contributed by atoms with van der Waals surface area (Å²) in [6, 6.07) is 19.2. The molecule has 0 spiro atoms. The van der Waals surface area contributed by atoms with Crippen molar-refractivity contribution in [2.75, 3.05) is 5.32 Å². The first-order valence-corrected chi connectivity index (χ1v) is 7.13. The lowest BCUT2D eigenvalue weighted by atomic mass is 10.1. The number of nitrogens with zero attached hydrogens (tertiary/aromatic N) is 2. The molecular weight excluding hydrogens is 258 g/mol. The molecule has 0 bridgehead atoms. The standard InChI is InChI=1S/C18H19N3/c1-14(17-12-19-21(2)13-17)20-18-10-8-16(9-11-18)15-6-4-3-5-7-15/h3-14,20H,1-2H3. The third-order valence-electron chi connectivity index (χ3n) is 3.60. The molecule has 21 heavy (non-hydrogen) atoms. The molecule has 0 radical (unpaired) electrons. The van der Waals surface area contributed by atoms with Gasteiger partial charge in [-0.3, -0.25) is 4.68 Å². The van der Waals surface area contributed by atoms with Crippen molar-refractivity contribution in [2.24, 2.45) is 7.05 Å². The topological polar surface area (TPSA) is 29.9 Å². The van der Waals surface area contributed by atoms with E-state index in [4.69, 9.17) is 0 Å². The molecular formula is C18H19N3. The Morgan fingerprint density at radius 2 is 1.62 bits per heavy atom. The van der Waals surface area contributed by atoms with Gasteiger partial charge in [0.25, 0.3) is 0 Å². The fourth-order valence-corrected chi connectivity index (χ4v) is 2.39. The molecule has 0 saturated heterocycles. The summed E-state index contributed by atoms with van der Waals surface area (Å²) in [6.07, 6.45) is 3.94. The van der Waals surface area contributed by atoms with Crippen LogP contribution in [-0.2, 0) is 7.05 Å². The molecule has 1 N–H and O–H groups in total. The Morgan fingerprint density at radius 1 is 0.952 bits per heavy atom. The van der Waals surface area contributed by atoms with E-state index < -0.39 is 0 Å². The van der Waals surface area contributed by atoms with E-state index in [1.54, 1.807) is 0 Å². The molecule has 1 heterocycles. The lowest BCUT2D eigenvalue weighted by Gasteiger charge is -2.14. The van der Waals surface area contributed by atoms with Gasteiger partial charge < -0.3 is 5.32 Å². The van der Waals surface area contributed by atoms with Crippen LogP contribution in [0.5, 0.6) is 0 Å². The number of benzene rings is 2. The summed E-state index contributed by atoms with van der Waals surface area (Å²) in [5.41, 5.74) is 4.77. The predicted molar refractivity (Wildman–Crippen MR) is 87.1 cm³/mol. The second kappa shape index (κ2) is 5.83. The average Bonchev–Trinajstić information content (AvgIpc) is 2.96. The van der Waals surface area contributed by atoms with Gasteiger partial charge in [-0.25, -0.2) is 0 Å². The fourth-order valence-electron chi connectivity index (χ4n) is 2.39.